The number of rotatable bonds is 3. The summed E-state index contributed by atoms with van der Waals surface area (Å²) in [5.74, 6) is -3.72. The maximum atomic E-state index is 12.7. The summed E-state index contributed by atoms with van der Waals surface area (Å²) in [5.41, 5.74) is 2.00. The van der Waals surface area contributed by atoms with Gasteiger partial charge in [-0.2, -0.15) is 0 Å². The van der Waals surface area contributed by atoms with Crippen LogP contribution in [0.4, 0.5) is 0 Å². The number of benzene rings is 1. The summed E-state index contributed by atoms with van der Waals surface area (Å²) >= 11 is 0. The van der Waals surface area contributed by atoms with Gasteiger partial charge in [0.1, 0.15) is 23.3 Å². The van der Waals surface area contributed by atoms with Crippen molar-refractivity contribution in [3.63, 3.8) is 0 Å². The van der Waals surface area contributed by atoms with Crippen LogP contribution in [0.5, 0.6) is 0 Å². The van der Waals surface area contributed by atoms with Crippen molar-refractivity contribution in [2.45, 2.75) is 12.8 Å². The van der Waals surface area contributed by atoms with E-state index >= 15 is 0 Å². The highest BCUT2D eigenvalue weighted by Gasteiger charge is 2.43. The Bertz CT molecular complexity index is 810. The number of nitrogens with zero attached hydrogens (tertiary/aromatic N) is 1. The van der Waals surface area contributed by atoms with Crippen LogP contribution < -0.4 is 0 Å². The molecule has 0 saturated carbocycles. The number of methoxy groups -OCH3 is 2. The van der Waals surface area contributed by atoms with Crippen LogP contribution in [0.3, 0.4) is 0 Å². The van der Waals surface area contributed by atoms with E-state index in [2.05, 4.69) is 5.16 Å². The lowest BCUT2D eigenvalue weighted by atomic mass is 9.90. The van der Waals surface area contributed by atoms with E-state index in [9.17, 15) is 14.4 Å². The van der Waals surface area contributed by atoms with Crippen LogP contribution in [0, 0.1) is 11.8 Å². The van der Waals surface area contributed by atoms with Crippen molar-refractivity contribution in [3.8, 4) is 11.3 Å². The van der Waals surface area contributed by atoms with Gasteiger partial charge < -0.3 is 14.0 Å². The van der Waals surface area contributed by atoms with Gasteiger partial charge in [-0.3, -0.25) is 14.4 Å². The van der Waals surface area contributed by atoms with Crippen LogP contribution in [0.25, 0.3) is 11.3 Å². The minimum Gasteiger partial charge on any atom is -0.468 e. The highest BCUT2D eigenvalue weighted by atomic mass is 16.5. The average molecular weight is 343 g/mol. The van der Waals surface area contributed by atoms with Crippen molar-refractivity contribution in [2.24, 2.45) is 11.8 Å². The predicted molar refractivity (Wildman–Crippen MR) is 85.4 cm³/mol. The van der Waals surface area contributed by atoms with E-state index in [0.29, 0.717) is 17.0 Å². The summed E-state index contributed by atoms with van der Waals surface area (Å²) < 4.78 is 14.9. The number of Topliss-reactive ketones (excluding diaryl/α,β-unsaturated/α-hetero) is 1. The molecule has 0 N–H and O–H groups in total. The van der Waals surface area contributed by atoms with Gasteiger partial charge in [-0.15, -0.1) is 0 Å². The molecular weight excluding hydrogens is 326 g/mol. The molecule has 2 aromatic rings. The number of ether oxygens (including phenoxy) is 2. The Labute approximate surface area is 143 Å². The highest BCUT2D eigenvalue weighted by Crippen LogP contribution is 2.34. The summed E-state index contributed by atoms with van der Waals surface area (Å²) in [7, 11) is 2.41. The number of carbonyl (C=O) groups is 3. The third-order valence-electron chi connectivity index (χ3n) is 4.37. The van der Waals surface area contributed by atoms with E-state index in [4.69, 9.17) is 14.0 Å². The quantitative estimate of drug-likeness (QED) is 0.474. The smallest absolute Gasteiger partial charge is 0.316 e. The highest BCUT2D eigenvalue weighted by molar-refractivity contribution is 6.09. The molecule has 7 heteroatoms. The summed E-state index contributed by atoms with van der Waals surface area (Å²) in [6.07, 6.45) is 0.0796. The number of ketones is 1. The van der Waals surface area contributed by atoms with Crippen LogP contribution >= 0.6 is 0 Å². The third kappa shape index (κ3) is 3.05. The Morgan fingerprint density at radius 2 is 1.64 bits per heavy atom. The number of hydrogen-bond acceptors (Lipinski definition) is 7. The number of hydrogen-bond donors (Lipinski definition) is 0. The molecule has 0 spiro atoms. The third-order valence-corrected chi connectivity index (χ3v) is 4.37. The largest absolute Gasteiger partial charge is 0.468 e. The van der Waals surface area contributed by atoms with Crippen molar-refractivity contribution in [1.82, 2.24) is 5.16 Å². The van der Waals surface area contributed by atoms with E-state index in [1.54, 1.807) is 0 Å². The molecule has 130 valence electrons. The molecule has 0 bridgehead atoms. The second kappa shape index (κ2) is 6.88. The van der Waals surface area contributed by atoms with E-state index < -0.39 is 29.6 Å². The summed E-state index contributed by atoms with van der Waals surface area (Å²) in [6.45, 7) is 0. The van der Waals surface area contributed by atoms with E-state index in [1.807, 2.05) is 30.3 Å². The Morgan fingerprint density at radius 1 is 1.04 bits per heavy atom. The summed E-state index contributed by atoms with van der Waals surface area (Å²) in [6, 6.07) is 9.29. The maximum absolute atomic E-state index is 12.7. The first kappa shape index (κ1) is 16.9. The molecule has 1 aliphatic carbocycles. The monoisotopic (exact) mass is 343 g/mol. The van der Waals surface area contributed by atoms with Crippen molar-refractivity contribution in [2.75, 3.05) is 14.2 Å². The molecule has 1 aliphatic rings. The van der Waals surface area contributed by atoms with Gasteiger partial charge in [0.05, 0.1) is 14.2 Å². The molecule has 0 radical (unpaired) electrons. The molecule has 7 nitrogen and oxygen atoms in total. The summed E-state index contributed by atoms with van der Waals surface area (Å²) in [4.78, 5) is 36.8. The van der Waals surface area contributed by atoms with Crippen LogP contribution in [-0.2, 0) is 36.7 Å². The Morgan fingerprint density at radius 3 is 2.24 bits per heavy atom. The van der Waals surface area contributed by atoms with Gasteiger partial charge in [0.15, 0.2) is 5.78 Å². The zero-order valence-corrected chi connectivity index (χ0v) is 13.9. The van der Waals surface area contributed by atoms with Crippen LogP contribution in [0.15, 0.2) is 34.9 Å². The normalized spacial score (nSPS) is 19.7. The zero-order chi connectivity index (χ0) is 18.0. The van der Waals surface area contributed by atoms with E-state index in [-0.39, 0.29) is 12.8 Å². The lowest BCUT2D eigenvalue weighted by Crippen LogP contribution is -2.36. The Hall–Kier alpha value is -2.96. The van der Waals surface area contributed by atoms with Crippen molar-refractivity contribution >= 4 is 17.7 Å². The van der Waals surface area contributed by atoms with Crippen molar-refractivity contribution < 1.29 is 28.4 Å². The fraction of sp³-hybridized carbons (Fsp3) is 0.333. The molecule has 1 heterocycles. The molecule has 1 aromatic heterocycles. The molecular formula is C18H17NO6. The molecule has 2 unspecified atom stereocenters. The first-order valence-corrected chi connectivity index (χ1v) is 7.79. The first-order valence-electron chi connectivity index (χ1n) is 7.79. The Balaban J connectivity index is 2.08. The van der Waals surface area contributed by atoms with Gasteiger partial charge in [-0.1, -0.05) is 35.5 Å². The van der Waals surface area contributed by atoms with Gasteiger partial charge in [0.2, 0.25) is 0 Å². The molecule has 3 rings (SSSR count). The maximum Gasteiger partial charge on any atom is 0.316 e. The van der Waals surface area contributed by atoms with Gasteiger partial charge in [-0.05, 0) is 6.42 Å². The lowest BCUT2D eigenvalue weighted by molar-refractivity contribution is -0.155. The zero-order valence-electron chi connectivity index (χ0n) is 13.9. The fourth-order valence-electron chi connectivity index (χ4n) is 3.05. The van der Waals surface area contributed by atoms with Gasteiger partial charge >= 0.3 is 11.9 Å². The second-order valence-electron chi connectivity index (χ2n) is 5.76. The minimum atomic E-state index is -1.12. The molecule has 0 saturated heterocycles. The molecule has 0 amide bonds. The minimum absolute atomic E-state index is 0.00810. The van der Waals surface area contributed by atoms with Gasteiger partial charge in [-0.25, -0.2) is 0 Å². The number of fused-ring (bicyclic) bond motifs is 1. The first-order chi connectivity index (χ1) is 12.1. The number of esters is 2. The standard InChI is InChI=1S/C18H17NO6/c1-23-17(21)12-8-11-14(9-13(16(12)20)18(22)24-2)25-19-15(11)10-6-4-3-5-7-10/h3-7,12-13H,8-9H2,1-2H3. The van der Waals surface area contributed by atoms with E-state index in [1.165, 1.54) is 14.2 Å². The Kier molecular flexibility index (Phi) is 4.65. The van der Waals surface area contributed by atoms with Crippen LogP contribution in [-0.4, -0.2) is 37.1 Å². The SMILES string of the molecule is COC(=O)C1Cc2onc(-c3ccccc3)c2CC(C(=O)OC)C1=O. The molecule has 2 atom stereocenters. The predicted octanol–water partition coefficient (Wildman–Crippen LogP) is 1.59. The number of carbonyl (C=O) groups excluding carboxylic acids is 3. The lowest BCUT2D eigenvalue weighted by Gasteiger charge is -2.15. The van der Waals surface area contributed by atoms with Crippen LogP contribution in [0.2, 0.25) is 0 Å². The molecule has 25 heavy (non-hydrogen) atoms. The van der Waals surface area contributed by atoms with Crippen LogP contribution in [0.1, 0.15) is 11.3 Å². The molecule has 0 fully saturated rings. The van der Waals surface area contributed by atoms with Gasteiger partial charge in [0.25, 0.3) is 0 Å². The van der Waals surface area contributed by atoms with Crippen molar-refractivity contribution in [1.29, 1.82) is 0 Å². The number of aromatic nitrogens is 1. The second-order valence-corrected chi connectivity index (χ2v) is 5.76. The van der Waals surface area contributed by atoms with E-state index in [0.717, 1.165) is 5.56 Å². The topological polar surface area (TPSA) is 95.7 Å². The molecule has 1 aromatic carbocycles. The fourth-order valence-corrected chi connectivity index (χ4v) is 3.05. The average Bonchev–Trinajstić information content (AvgIpc) is 2.98. The van der Waals surface area contributed by atoms with Crippen molar-refractivity contribution in [3.05, 3.63) is 41.7 Å². The summed E-state index contributed by atoms with van der Waals surface area (Å²) in [5, 5.41) is 4.08. The molecule has 0 aliphatic heterocycles. The van der Waals surface area contributed by atoms with Gasteiger partial charge in [0, 0.05) is 17.5 Å².